The summed E-state index contributed by atoms with van der Waals surface area (Å²) in [4.78, 5) is 11.1. The highest BCUT2D eigenvalue weighted by Gasteiger charge is 2.77. The second kappa shape index (κ2) is 1.82. The molecule has 1 saturated carbocycles. The lowest BCUT2D eigenvalue weighted by Gasteiger charge is -2.07. The summed E-state index contributed by atoms with van der Waals surface area (Å²) in [5.41, 5.74) is -0.251. The molecule has 0 atom stereocenters. The van der Waals surface area contributed by atoms with Crippen molar-refractivity contribution in [2.75, 3.05) is 0 Å². The maximum absolute atomic E-state index is 11.1. The molecule has 0 saturated heterocycles. The molecule has 0 aromatic rings. The van der Waals surface area contributed by atoms with Gasteiger partial charge >= 0.3 is 0 Å². The fraction of sp³-hybridized carbons (Fsp3) is 0.889. The molecule has 1 nitrogen and oxygen atoms in total. The molecule has 0 bridgehead atoms. The van der Waals surface area contributed by atoms with Crippen LogP contribution in [0.4, 0.5) is 0 Å². The molecule has 1 aliphatic rings. The summed E-state index contributed by atoms with van der Waals surface area (Å²) in [6, 6.07) is 0. The van der Waals surface area contributed by atoms with Gasteiger partial charge in [0.2, 0.25) is 5.24 Å². The van der Waals surface area contributed by atoms with Crippen molar-refractivity contribution >= 4 is 16.8 Å². The lowest BCUT2D eigenvalue weighted by molar-refractivity contribution is -0.117. The zero-order valence-electron chi connectivity index (χ0n) is 7.79. The van der Waals surface area contributed by atoms with Crippen molar-refractivity contribution in [3.63, 3.8) is 0 Å². The van der Waals surface area contributed by atoms with Crippen LogP contribution in [-0.2, 0) is 4.79 Å². The highest BCUT2D eigenvalue weighted by atomic mass is 35.5. The van der Waals surface area contributed by atoms with Crippen molar-refractivity contribution < 1.29 is 4.79 Å². The van der Waals surface area contributed by atoms with Gasteiger partial charge in [-0.1, -0.05) is 34.6 Å². The summed E-state index contributed by atoms with van der Waals surface area (Å²) in [5, 5.41) is -0.201. The minimum atomic E-state index is -0.332. The third-order valence-corrected chi connectivity index (χ3v) is 4.77. The molecule has 0 N–H and O–H groups in total. The third-order valence-electron chi connectivity index (χ3n) is 4.39. The second-order valence-corrected chi connectivity index (χ2v) is 4.99. The van der Waals surface area contributed by atoms with E-state index >= 15 is 0 Å². The first kappa shape index (κ1) is 9.05. The average molecular weight is 175 g/mol. The van der Waals surface area contributed by atoms with Crippen LogP contribution in [-0.4, -0.2) is 5.24 Å². The molecule has 0 amide bonds. The number of carbonyl (C=O) groups excluding carboxylic acids is 1. The summed E-state index contributed by atoms with van der Waals surface area (Å²) in [6.07, 6.45) is 0. The van der Waals surface area contributed by atoms with E-state index in [0.29, 0.717) is 0 Å². The van der Waals surface area contributed by atoms with Crippen molar-refractivity contribution in [1.82, 2.24) is 0 Å². The minimum absolute atomic E-state index is 0.0405. The van der Waals surface area contributed by atoms with E-state index in [2.05, 4.69) is 27.7 Å². The van der Waals surface area contributed by atoms with E-state index in [4.69, 9.17) is 11.6 Å². The molecule has 64 valence electrons. The van der Waals surface area contributed by atoms with Crippen LogP contribution in [0.15, 0.2) is 0 Å². The van der Waals surface area contributed by atoms with E-state index in [0.717, 1.165) is 0 Å². The Morgan fingerprint density at radius 3 is 1.27 bits per heavy atom. The fourth-order valence-corrected chi connectivity index (χ4v) is 2.56. The van der Waals surface area contributed by atoms with Gasteiger partial charge in [-0.2, -0.15) is 0 Å². The maximum Gasteiger partial charge on any atom is 0.228 e. The van der Waals surface area contributed by atoms with Gasteiger partial charge in [-0.05, 0) is 22.4 Å². The number of halogens is 1. The van der Waals surface area contributed by atoms with Crippen LogP contribution in [0.1, 0.15) is 34.6 Å². The third kappa shape index (κ3) is 0.658. The zero-order chi connectivity index (χ0) is 9.08. The maximum atomic E-state index is 11.1. The zero-order valence-corrected chi connectivity index (χ0v) is 8.54. The Bertz CT molecular complexity index is 202. The van der Waals surface area contributed by atoms with Crippen LogP contribution in [0, 0.1) is 16.2 Å². The predicted octanol–water partition coefficient (Wildman–Crippen LogP) is 2.82. The largest absolute Gasteiger partial charge is 0.281 e. The van der Waals surface area contributed by atoms with Crippen LogP contribution < -0.4 is 0 Å². The van der Waals surface area contributed by atoms with E-state index in [9.17, 15) is 4.79 Å². The Kier molecular flexibility index (Phi) is 1.50. The van der Waals surface area contributed by atoms with Gasteiger partial charge in [0, 0.05) is 0 Å². The van der Waals surface area contributed by atoms with Gasteiger partial charge < -0.3 is 0 Å². The number of hydrogen-bond acceptors (Lipinski definition) is 1. The fourth-order valence-electron chi connectivity index (χ4n) is 2.09. The normalized spacial score (nSPS) is 29.6. The van der Waals surface area contributed by atoms with E-state index in [1.165, 1.54) is 0 Å². The standard InChI is InChI=1S/C9H15ClO/c1-7(2)8(3,4)9(7,5)6(10)11/h1-5H3. The first-order chi connectivity index (χ1) is 4.69. The van der Waals surface area contributed by atoms with Gasteiger partial charge in [-0.3, -0.25) is 4.79 Å². The van der Waals surface area contributed by atoms with E-state index in [-0.39, 0.29) is 21.5 Å². The molecule has 1 aliphatic carbocycles. The summed E-state index contributed by atoms with van der Waals surface area (Å²) >= 11 is 5.55. The molecule has 1 rings (SSSR count). The van der Waals surface area contributed by atoms with Crippen molar-refractivity contribution in [3.05, 3.63) is 0 Å². The molecular formula is C9H15ClO. The molecular weight excluding hydrogens is 160 g/mol. The van der Waals surface area contributed by atoms with Crippen LogP contribution in [0.2, 0.25) is 0 Å². The molecule has 0 aromatic heterocycles. The Morgan fingerprint density at radius 1 is 1.00 bits per heavy atom. The summed E-state index contributed by atoms with van der Waals surface area (Å²) in [6.45, 7) is 10.3. The highest BCUT2D eigenvalue weighted by Crippen LogP contribution is 2.78. The first-order valence-electron chi connectivity index (χ1n) is 3.89. The summed E-state index contributed by atoms with van der Waals surface area (Å²) in [5.74, 6) is 0. The van der Waals surface area contributed by atoms with Crippen LogP contribution in [0.25, 0.3) is 0 Å². The van der Waals surface area contributed by atoms with Crippen LogP contribution in [0.3, 0.4) is 0 Å². The van der Waals surface area contributed by atoms with Gasteiger partial charge in [-0.15, -0.1) is 0 Å². The van der Waals surface area contributed by atoms with E-state index in [1.54, 1.807) is 0 Å². The lowest BCUT2D eigenvalue weighted by atomic mass is 10.00. The van der Waals surface area contributed by atoms with Crippen molar-refractivity contribution in [1.29, 1.82) is 0 Å². The molecule has 0 unspecified atom stereocenters. The quantitative estimate of drug-likeness (QED) is 0.559. The molecule has 0 aromatic carbocycles. The van der Waals surface area contributed by atoms with Gasteiger partial charge in [0.05, 0.1) is 5.41 Å². The second-order valence-electron chi connectivity index (χ2n) is 4.65. The van der Waals surface area contributed by atoms with Crippen LogP contribution >= 0.6 is 11.6 Å². The molecule has 0 aliphatic heterocycles. The summed E-state index contributed by atoms with van der Waals surface area (Å²) in [7, 11) is 0. The topological polar surface area (TPSA) is 17.1 Å². The molecule has 1 fully saturated rings. The highest BCUT2D eigenvalue weighted by molar-refractivity contribution is 6.65. The predicted molar refractivity (Wildman–Crippen MR) is 46.5 cm³/mol. The minimum Gasteiger partial charge on any atom is -0.281 e. The Balaban J connectivity index is 3.06. The van der Waals surface area contributed by atoms with Crippen molar-refractivity contribution in [2.24, 2.45) is 16.2 Å². The molecule has 0 heterocycles. The summed E-state index contributed by atoms with van der Waals surface area (Å²) < 4.78 is 0. The van der Waals surface area contributed by atoms with Gasteiger partial charge in [0.25, 0.3) is 0 Å². The molecule has 0 spiro atoms. The van der Waals surface area contributed by atoms with Crippen LogP contribution in [0.5, 0.6) is 0 Å². The number of hydrogen-bond donors (Lipinski definition) is 0. The van der Waals surface area contributed by atoms with Gasteiger partial charge in [0.15, 0.2) is 0 Å². The SMILES string of the molecule is CC1(C)C(C)(C)C1(C)C(=O)Cl. The molecule has 11 heavy (non-hydrogen) atoms. The van der Waals surface area contributed by atoms with E-state index < -0.39 is 0 Å². The van der Waals surface area contributed by atoms with Gasteiger partial charge in [0.1, 0.15) is 0 Å². The Labute approximate surface area is 73.1 Å². The first-order valence-corrected chi connectivity index (χ1v) is 4.27. The Morgan fingerprint density at radius 2 is 1.27 bits per heavy atom. The monoisotopic (exact) mass is 174 g/mol. The number of carbonyl (C=O) groups is 1. The average Bonchev–Trinajstić information content (AvgIpc) is 2.11. The lowest BCUT2D eigenvalue weighted by Crippen LogP contribution is -2.13. The number of rotatable bonds is 1. The molecule has 0 radical (unpaired) electrons. The van der Waals surface area contributed by atoms with Crippen molar-refractivity contribution in [2.45, 2.75) is 34.6 Å². The smallest absolute Gasteiger partial charge is 0.228 e. The Hall–Kier alpha value is -0.0400. The van der Waals surface area contributed by atoms with Crippen molar-refractivity contribution in [3.8, 4) is 0 Å². The molecule has 2 heteroatoms. The van der Waals surface area contributed by atoms with E-state index in [1.807, 2.05) is 6.92 Å². The van der Waals surface area contributed by atoms with Gasteiger partial charge in [-0.25, -0.2) is 0 Å².